The SMILES string of the molecule is CC(C)[C@H]1CN(c2ncc(F)cn2)C(=O)N1CC(=O)Nc1cc(C(F)(F)F)ccn1. The molecule has 0 radical (unpaired) electrons. The Balaban J connectivity index is 1.74. The van der Waals surface area contributed by atoms with Gasteiger partial charge in [-0.1, -0.05) is 13.8 Å². The van der Waals surface area contributed by atoms with Crippen molar-refractivity contribution in [3.8, 4) is 0 Å². The summed E-state index contributed by atoms with van der Waals surface area (Å²) in [6.45, 7) is 3.48. The van der Waals surface area contributed by atoms with Crippen LogP contribution in [0.15, 0.2) is 30.7 Å². The highest BCUT2D eigenvalue weighted by molar-refractivity contribution is 5.98. The lowest BCUT2D eigenvalue weighted by Gasteiger charge is -2.25. The van der Waals surface area contributed by atoms with E-state index in [0.29, 0.717) is 6.07 Å². The van der Waals surface area contributed by atoms with Crippen LogP contribution in [0.4, 0.5) is 34.1 Å². The molecule has 2 aromatic rings. The fourth-order valence-electron chi connectivity index (χ4n) is 3.04. The van der Waals surface area contributed by atoms with E-state index in [0.717, 1.165) is 24.7 Å². The number of nitrogens with zero attached hydrogens (tertiary/aromatic N) is 5. The summed E-state index contributed by atoms with van der Waals surface area (Å²) in [5.74, 6) is -1.69. The zero-order valence-electron chi connectivity index (χ0n) is 16.0. The van der Waals surface area contributed by atoms with Gasteiger partial charge in [-0.25, -0.2) is 24.1 Å². The maximum atomic E-state index is 13.1. The lowest BCUT2D eigenvalue weighted by Crippen LogP contribution is -2.43. The minimum atomic E-state index is -4.58. The van der Waals surface area contributed by atoms with Crippen LogP contribution in [-0.4, -0.2) is 50.9 Å². The first-order valence-electron chi connectivity index (χ1n) is 8.95. The molecule has 8 nitrogen and oxygen atoms in total. The Morgan fingerprint density at radius 3 is 2.53 bits per heavy atom. The molecule has 1 saturated heterocycles. The minimum absolute atomic E-state index is 0.00509. The second-order valence-electron chi connectivity index (χ2n) is 7.01. The molecular weight excluding hydrogens is 408 g/mol. The molecule has 3 rings (SSSR count). The topological polar surface area (TPSA) is 91.3 Å². The van der Waals surface area contributed by atoms with Crippen molar-refractivity contribution in [1.82, 2.24) is 19.9 Å². The number of alkyl halides is 3. The third-order valence-electron chi connectivity index (χ3n) is 4.53. The molecule has 0 bridgehead atoms. The summed E-state index contributed by atoms with van der Waals surface area (Å²) in [6.07, 6.45) is -1.79. The van der Waals surface area contributed by atoms with Crippen molar-refractivity contribution in [2.75, 3.05) is 23.3 Å². The number of urea groups is 1. The Hall–Kier alpha value is -3.31. The van der Waals surface area contributed by atoms with Crippen molar-refractivity contribution in [2.24, 2.45) is 5.92 Å². The van der Waals surface area contributed by atoms with Gasteiger partial charge in [0, 0.05) is 6.20 Å². The van der Waals surface area contributed by atoms with Gasteiger partial charge in [-0.3, -0.25) is 9.69 Å². The summed E-state index contributed by atoms with van der Waals surface area (Å²) in [6, 6.07) is 0.552. The van der Waals surface area contributed by atoms with Crippen LogP contribution < -0.4 is 10.2 Å². The smallest absolute Gasteiger partial charge is 0.310 e. The molecule has 0 saturated carbocycles. The average molecular weight is 426 g/mol. The standard InChI is InChI=1S/C18H18F4N6O2/c1-10(2)13-8-28(16-24-6-12(19)7-25-16)17(30)27(13)9-15(29)26-14-5-11(3-4-23-14)18(20,21)22/h3-7,10,13H,8-9H2,1-2H3,(H,23,26,29)/t13-/m1/s1. The molecule has 1 aliphatic heterocycles. The first-order chi connectivity index (χ1) is 14.1. The number of hydrogen-bond acceptors (Lipinski definition) is 5. The van der Waals surface area contributed by atoms with Crippen LogP contribution in [0, 0.1) is 11.7 Å². The van der Waals surface area contributed by atoms with E-state index >= 15 is 0 Å². The van der Waals surface area contributed by atoms with Gasteiger partial charge in [-0.15, -0.1) is 0 Å². The molecule has 0 unspecified atom stereocenters. The van der Waals surface area contributed by atoms with Crippen LogP contribution in [-0.2, 0) is 11.0 Å². The monoisotopic (exact) mass is 426 g/mol. The molecule has 1 aliphatic rings. The number of carbonyl (C=O) groups excluding carboxylic acids is 2. The van der Waals surface area contributed by atoms with Crippen molar-refractivity contribution >= 4 is 23.7 Å². The van der Waals surface area contributed by atoms with E-state index in [1.165, 1.54) is 9.80 Å². The van der Waals surface area contributed by atoms with E-state index in [1.54, 1.807) is 0 Å². The Morgan fingerprint density at radius 2 is 1.93 bits per heavy atom. The highest BCUT2D eigenvalue weighted by Gasteiger charge is 2.41. The van der Waals surface area contributed by atoms with Crippen LogP contribution in [0.1, 0.15) is 19.4 Å². The van der Waals surface area contributed by atoms with Crippen LogP contribution in [0.3, 0.4) is 0 Å². The zero-order valence-corrected chi connectivity index (χ0v) is 16.0. The number of aromatic nitrogens is 3. The lowest BCUT2D eigenvalue weighted by molar-refractivity contribution is -0.137. The Morgan fingerprint density at radius 1 is 1.27 bits per heavy atom. The van der Waals surface area contributed by atoms with Crippen LogP contribution in [0.5, 0.6) is 0 Å². The largest absolute Gasteiger partial charge is 0.416 e. The summed E-state index contributed by atoms with van der Waals surface area (Å²) in [7, 11) is 0. The molecule has 1 fully saturated rings. The van der Waals surface area contributed by atoms with E-state index in [1.807, 2.05) is 13.8 Å². The van der Waals surface area contributed by atoms with Crippen LogP contribution >= 0.6 is 0 Å². The van der Waals surface area contributed by atoms with Gasteiger partial charge in [-0.2, -0.15) is 13.2 Å². The van der Waals surface area contributed by atoms with E-state index in [9.17, 15) is 27.2 Å². The van der Waals surface area contributed by atoms with Gasteiger partial charge in [-0.05, 0) is 18.1 Å². The van der Waals surface area contributed by atoms with Crippen molar-refractivity contribution in [1.29, 1.82) is 0 Å². The number of pyridine rings is 1. The van der Waals surface area contributed by atoms with E-state index in [2.05, 4.69) is 20.3 Å². The number of hydrogen-bond donors (Lipinski definition) is 1. The molecule has 1 atom stereocenters. The third-order valence-corrected chi connectivity index (χ3v) is 4.53. The van der Waals surface area contributed by atoms with Gasteiger partial charge in [0.1, 0.15) is 12.4 Å². The van der Waals surface area contributed by atoms with E-state index < -0.39 is 36.0 Å². The van der Waals surface area contributed by atoms with Crippen molar-refractivity contribution in [2.45, 2.75) is 26.1 Å². The number of halogens is 4. The molecule has 160 valence electrons. The molecule has 0 aliphatic carbocycles. The molecular formula is C18H18F4N6O2. The van der Waals surface area contributed by atoms with E-state index in [4.69, 9.17) is 0 Å². The minimum Gasteiger partial charge on any atom is -0.310 e. The fraction of sp³-hybridized carbons (Fsp3) is 0.389. The predicted molar refractivity (Wildman–Crippen MR) is 97.9 cm³/mol. The number of carbonyl (C=O) groups is 2. The molecule has 12 heteroatoms. The molecule has 1 N–H and O–H groups in total. The van der Waals surface area contributed by atoms with Crippen LogP contribution in [0.25, 0.3) is 0 Å². The Kier molecular flexibility index (Phi) is 5.85. The van der Waals surface area contributed by atoms with Gasteiger partial charge in [0.25, 0.3) is 0 Å². The van der Waals surface area contributed by atoms with Gasteiger partial charge in [0.05, 0.1) is 30.5 Å². The fourth-order valence-corrected chi connectivity index (χ4v) is 3.04. The molecule has 0 aromatic carbocycles. The lowest BCUT2D eigenvalue weighted by atomic mass is 10.0. The average Bonchev–Trinajstić information content (AvgIpc) is 2.98. The van der Waals surface area contributed by atoms with Gasteiger partial charge >= 0.3 is 12.2 Å². The first kappa shape index (κ1) is 21.4. The summed E-state index contributed by atoms with van der Waals surface area (Å²) in [4.78, 5) is 39.0. The Labute approximate surface area is 168 Å². The third kappa shape index (κ3) is 4.63. The molecule has 3 amide bonds. The summed E-state index contributed by atoms with van der Waals surface area (Å²) in [5.41, 5.74) is -0.954. The maximum Gasteiger partial charge on any atom is 0.416 e. The quantitative estimate of drug-likeness (QED) is 0.743. The maximum absolute atomic E-state index is 13.1. The number of nitrogens with one attached hydrogen (secondary N) is 1. The molecule has 3 heterocycles. The van der Waals surface area contributed by atoms with Crippen molar-refractivity contribution in [3.63, 3.8) is 0 Å². The van der Waals surface area contributed by atoms with Crippen molar-refractivity contribution in [3.05, 3.63) is 42.1 Å². The normalized spacial score (nSPS) is 17.0. The van der Waals surface area contributed by atoms with E-state index in [-0.39, 0.29) is 30.3 Å². The number of amides is 3. The highest BCUT2D eigenvalue weighted by Crippen LogP contribution is 2.30. The molecule has 0 spiro atoms. The summed E-state index contributed by atoms with van der Waals surface area (Å²) < 4.78 is 51.5. The first-order valence-corrected chi connectivity index (χ1v) is 8.95. The second-order valence-corrected chi connectivity index (χ2v) is 7.01. The zero-order chi connectivity index (χ0) is 22.1. The number of anilines is 2. The Bertz CT molecular complexity index is 935. The highest BCUT2D eigenvalue weighted by atomic mass is 19.4. The summed E-state index contributed by atoms with van der Waals surface area (Å²) >= 11 is 0. The van der Waals surface area contributed by atoms with Gasteiger partial charge < -0.3 is 10.2 Å². The van der Waals surface area contributed by atoms with Gasteiger partial charge in [0.2, 0.25) is 11.9 Å². The van der Waals surface area contributed by atoms with Gasteiger partial charge in [0.15, 0.2) is 5.82 Å². The molecule has 30 heavy (non-hydrogen) atoms. The molecule has 2 aromatic heterocycles. The second kappa shape index (κ2) is 8.20. The number of rotatable bonds is 5. The summed E-state index contributed by atoms with van der Waals surface area (Å²) in [5, 5.41) is 2.28. The van der Waals surface area contributed by atoms with Crippen molar-refractivity contribution < 1.29 is 27.2 Å². The predicted octanol–water partition coefficient (Wildman–Crippen LogP) is 2.93. The van der Waals surface area contributed by atoms with Crippen LogP contribution in [0.2, 0.25) is 0 Å².